The number of allylic oxidation sites excluding steroid dienone is 1. The highest BCUT2D eigenvalue weighted by Gasteiger charge is 2.34. The van der Waals surface area contributed by atoms with Crippen LogP contribution >= 0.6 is 22.9 Å². The van der Waals surface area contributed by atoms with Crippen molar-refractivity contribution in [1.82, 2.24) is 9.47 Å². The first kappa shape index (κ1) is 25.7. The monoisotopic (exact) mass is 525 g/mol. The molecule has 9 heteroatoms. The van der Waals surface area contributed by atoms with E-state index in [1.54, 1.807) is 48.0 Å². The Kier molecular flexibility index (Phi) is 7.66. The van der Waals surface area contributed by atoms with Crippen molar-refractivity contribution in [3.8, 4) is 11.5 Å². The molecule has 0 radical (unpaired) electrons. The van der Waals surface area contributed by atoms with E-state index in [0.29, 0.717) is 50.2 Å². The molecule has 1 aliphatic heterocycles. The highest BCUT2D eigenvalue weighted by molar-refractivity contribution is 7.07. The number of aromatic nitrogens is 1. The summed E-state index contributed by atoms with van der Waals surface area (Å²) in [5.74, 6) is 1.11. The van der Waals surface area contributed by atoms with Gasteiger partial charge in [-0.2, -0.15) is 0 Å². The van der Waals surface area contributed by atoms with Crippen LogP contribution in [-0.2, 0) is 4.79 Å². The number of nitrogens with zero attached hydrogens (tertiary/aromatic N) is 3. The quantitative estimate of drug-likeness (QED) is 0.470. The predicted molar refractivity (Wildman–Crippen MR) is 143 cm³/mol. The highest BCUT2D eigenvalue weighted by Crippen LogP contribution is 2.32. The van der Waals surface area contributed by atoms with Crippen molar-refractivity contribution < 1.29 is 14.3 Å². The fourth-order valence-electron chi connectivity index (χ4n) is 4.32. The van der Waals surface area contributed by atoms with E-state index in [2.05, 4.69) is 0 Å². The lowest BCUT2D eigenvalue weighted by atomic mass is 9.94. The third kappa shape index (κ3) is 4.70. The molecule has 0 saturated carbocycles. The Labute approximate surface area is 218 Å². The van der Waals surface area contributed by atoms with Gasteiger partial charge in [0.05, 0.1) is 36.1 Å². The molecule has 0 bridgehead atoms. The standard InChI is InChI=1S/C27H28ClN3O4S/c1-6-30(7-2)26(33)23-16(3)29-27-31(24(23)17-8-11-19(28)12-9-17)25(32)22(36-27)14-18-10-13-20(34-4)15-21(18)35-5/h8-15,24H,6-7H2,1-5H3/b22-14+/t24-/m1/s1. The van der Waals surface area contributed by atoms with Gasteiger partial charge in [0.2, 0.25) is 0 Å². The van der Waals surface area contributed by atoms with Crippen molar-refractivity contribution in [2.75, 3.05) is 27.3 Å². The van der Waals surface area contributed by atoms with Crippen molar-refractivity contribution in [3.63, 3.8) is 0 Å². The summed E-state index contributed by atoms with van der Waals surface area (Å²) in [7, 11) is 3.16. The number of likely N-dealkylation sites (N-methyl/N-ethyl adjacent to an activating group) is 1. The van der Waals surface area contributed by atoms with Crippen LogP contribution in [0.25, 0.3) is 6.08 Å². The molecule has 4 rings (SSSR count). The number of halogens is 1. The normalized spacial score (nSPS) is 15.4. The summed E-state index contributed by atoms with van der Waals surface area (Å²) in [5, 5.41) is 0.579. The molecule has 1 atom stereocenters. The average Bonchev–Trinajstić information content (AvgIpc) is 3.18. The molecule has 2 heterocycles. The van der Waals surface area contributed by atoms with Crippen LogP contribution in [-0.4, -0.2) is 42.7 Å². The number of amides is 1. The number of benzene rings is 2. The van der Waals surface area contributed by atoms with Gasteiger partial charge in [-0.1, -0.05) is 35.1 Å². The van der Waals surface area contributed by atoms with E-state index in [9.17, 15) is 9.59 Å². The number of thiazole rings is 1. The van der Waals surface area contributed by atoms with Gasteiger partial charge in [0, 0.05) is 29.7 Å². The van der Waals surface area contributed by atoms with E-state index in [1.165, 1.54) is 11.3 Å². The highest BCUT2D eigenvalue weighted by atomic mass is 35.5. The fourth-order valence-corrected chi connectivity index (χ4v) is 5.48. The lowest BCUT2D eigenvalue weighted by molar-refractivity contribution is -0.127. The summed E-state index contributed by atoms with van der Waals surface area (Å²) in [6, 6.07) is 12.0. The molecule has 0 N–H and O–H groups in total. The molecule has 3 aromatic rings. The van der Waals surface area contributed by atoms with Gasteiger partial charge in [-0.15, -0.1) is 0 Å². The van der Waals surface area contributed by atoms with Crippen LogP contribution in [0.3, 0.4) is 0 Å². The molecular formula is C27H28ClN3O4S. The van der Waals surface area contributed by atoms with E-state index >= 15 is 0 Å². The van der Waals surface area contributed by atoms with Crippen LogP contribution in [0.1, 0.15) is 37.9 Å². The Hall–Kier alpha value is -3.36. The van der Waals surface area contributed by atoms with Gasteiger partial charge in [-0.25, -0.2) is 4.99 Å². The first-order chi connectivity index (χ1) is 17.3. The third-order valence-electron chi connectivity index (χ3n) is 6.22. The number of carbonyl (C=O) groups excluding carboxylic acids is 1. The molecule has 1 amide bonds. The lowest BCUT2D eigenvalue weighted by Crippen LogP contribution is -2.43. The Morgan fingerprint density at radius 3 is 2.44 bits per heavy atom. The molecule has 0 unspecified atom stereocenters. The first-order valence-electron chi connectivity index (χ1n) is 11.6. The van der Waals surface area contributed by atoms with Crippen LogP contribution < -0.4 is 24.4 Å². The minimum absolute atomic E-state index is 0.132. The van der Waals surface area contributed by atoms with Crippen LogP contribution in [0.2, 0.25) is 5.02 Å². The minimum atomic E-state index is -0.619. The largest absolute Gasteiger partial charge is 0.497 e. The zero-order chi connectivity index (χ0) is 26.0. The molecule has 188 valence electrons. The zero-order valence-corrected chi connectivity index (χ0v) is 22.4. The summed E-state index contributed by atoms with van der Waals surface area (Å²) in [4.78, 5) is 34.4. The molecule has 0 fully saturated rings. The molecule has 7 nitrogen and oxygen atoms in total. The molecule has 0 aliphatic carbocycles. The van der Waals surface area contributed by atoms with Crippen molar-refractivity contribution in [3.05, 3.63) is 89.6 Å². The number of methoxy groups -OCH3 is 2. The molecule has 2 aromatic carbocycles. The van der Waals surface area contributed by atoms with Gasteiger partial charge < -0.3 is 14.4 Å². The van der Waals surface area contributed by atoms with Gasteiger partial charge >= 0.3 is 0 Å². The number of hydrogen-bond acceptors (Lipinski definition) is 6. The maximum absolute atomic E-state index is 13.8. The van der Waals surface area contributed by atoms with E-state index in [1.807, 2.05) is 45.0 Å². The number of hydrogen-bond donors (Lipinski definition) is 0. The van der Waals surface area contributed by atoms with Crippen molar-refractivity contribution >= 4 is 34.9 Å². The van der Waals surface area contributed by atoms with Crippen molar-refractivity contribution in [2.45, 2.75) is 26.8 Å². The zero-order valence-electron chi connectivity index (χ0n) is 20.9. The maximum atomic E-state index is 13.8. The van der Waals surface area contributed by atoms with Gasteiger partial charge in [0.1, 0.15) is 11.5 Å². The van der Waals surface area contributed by atoms with Crippen LogP contribution in [0.15, 0.2) is 63.5 Å². The Morgan fingerprint density at radius 2 is 1.83 bits per heavy atom. The van der Waals surface area contributed by atoms with Crippen molar-refractivity contribution in [1.29, 1.82) is 0 Å². The molecule has 1 aromatic heterocycles. The Bertz CT molecular complexity index is 1500. The number of ether oxygens (including phenoxy) is 2. The summed E-state index contributed by atoms with van der Waals surface area (Å²) in [5.41, 5.74) is 2.39. The number of fused-ring (bicyclic) bond motifs is 1. The van der Waals surface area contributed by atoms with E-state index in [0.717, 1.165) is 11.1 Å². The van der Waals surface area contributed by atoms with Crippen molar-refractivity contribution in [2.24, 2.45) is 4.99 Å². The summed E-state index contributed by atoms with van der Waals surface area (Å²) in [6.07, 6.45) is 1.78. The van der Waals surface area contributed by atoms with Crippen LogP contribution in [0.4, 0.5) is 0 Å². The maximum Gasteiger partial charge on any atom is 0.271 e. The van der Waals surface area contributed by atoms with Crippen LogP contribution in [0.5, 0.6) is 11.5 Å². The molecule has 0 spiro atoms. The number of carbonyl (C=O) groups is 1. The molecular weight excluding hydrogens is 498 g/mol. The number of rotatable bonds is 7. The van der Waals surface area contributed by atoms with Gasteiger partial charge in [0.25, 0.3) is 11.5 Å². The van der Waals surface area contributed by atoms with E-state index < -0.39 is 6.04 Å². The van der Waals surface area contributed by atoms with Gasteiger partial charge in [0.15, 0.2) is 4.80 Å². The fraction of sp³-hybridized carbons (Fsp3) is 0.296. The second kappa shape index (κ2) is 10.7. The minimum Gasteiger partial charge on any atom is -0.497 e. The molecule has 1 aliphatic rings. The summed E-state index contributed by atoms with van der Waals surface area (Å²) >= 11 is 7.43. The predicted octanol–water partition coefficient (Wildman–Crippen LogP) is 3.77. The molecule has 36 heavy (non-hydrogen) atoms. The van der Waals surface area contributed by atoms with E-state index in [4.69, 9.17) is 26.1 Å². The van der Waals surface area contributed by atoms with E-state index in [-0.39, 0.29) is 11.5 Å². The average molecular weight is 526 g/mol. The lowest BCUT2D eigenvalue weighted by Gasteiger charge is -2.29. The second-order valence-electron chi connectivity index (χ2n) is 8.22. The van der Waals surface area contributed by atoms with Gasteiger partial charge in [-0.3, -0.25) is 14.2 Å². The smallest absolute Gasteiger partial charge is 0.271 e. The van der Waals surface area contributed by atoms with Crippen LogP contribution in [0, 0.1) is 0 Å². The second-order valence-corrected chi connectivity index (χ2v) is 9.66. The SMILES string of the molecule is CCN(CC)C(=O)C1=C(C)N=c2s/c(=C/c3ccc(OC)cc3OC)c(=O)n2[C@@H]1c1ccc(Cl)cc1. The Balaban J connectivity index is 1.95. The first-order valence-corrected chi connectivity index (χ1v) is 12.8. The Morgan fingerprint density at radius 1 is 1.14 bits per heavy atom. The summed E-state index contributed by atoms with van der Waals surface area (Å²) < 4.78 is 12.9. The topological polar surface area (TPSA) is 73.1 Å². The van der Waals surface area contributed by atoms with Gasteiger partial charge in [-0.05, 0) is 56.7 Å². The molecule has 0 saturated heterocycles. The third-order valence-corrected chi connectivity index (χ3v) is 7.45. The summed E-state index contributed by atoms with van der Waals surface area (Å²) in [6.45, 7) is 6.81.